The van der Waals surface area contributed by atoms with Crippen LogP contribution in [-0.4, -0.2) is 48.2 Å². The van der Waals surface area contributed by atoms with Crippen molar-refractivity contribution in [2.24, 2.45) is 0 Å². The number of carbonyl (C=O) groups is 2. The third kappa shape index (κ3) is 7.14. The Balaban J connectivity index is 1.03. The van der Waals surface area contributed by atoms with Crippen molar-refractivity contribution in [2.75, 3.05) is 26.2 Å². The number of phenolic OH excluding ortho intramolecular Hbond substituents is 2. The highest BCUT2D eigenvalue weighted by atomic mass is 16.3. The zero-order chi connectivity index (χ0) is 32.8. The van der Waals surface area contributed by atoms with Crippen LogP contribution >= 0.6 is 0 Å². The molecule has 0 fully saturated rings. The van der Waals surface area contributed by atoms with Gasteiger partial charge in [-0.1, -0.05) is 66.7 Å². The Labute approximate surface area is 275 Å². The first kappa shape index (κ1) is 31.8. The molecule has 6 rings (SSSR count). The van der Waals surface area contributed by atoms with E-state index in [-0.39, 0.29) is 35.4 Å². The molecule has 0 bridgehead atoms. The first-order valence-electron chi connectivity index (χ1n) is 16.1. The summed E-state index contributed by atoms with van der Waals surface area (Å²) in [6.45, 7) is 5.03. The van der Waals surface area contributed by atoms with Crippen LogP contribution in [0.15, 0.2) is 103 Å². The van der Waals surface area contributed by atoms with Crippen LogP contribution in [0.3, 0.4) is 0 Å². The predicted molar refractivity (Wildman–Crippen MR) is 185 cm³/mol. The van der Waals surface area contributed by atoms with E-state index in [9.17, 15) is 19.8 Å². The van der Waals surface area contributed by atoms with Gasteiger partial charge in [-0.25, -0.2) is 0 Å². The van der Waals surface area contributed by atoms with Crippen LogP contribution in [0.5, 0.6) is 11.5 Å². The van der Waals surface area contributed by atoms with Crippen molar-refractivity contribution >= 4 is 23.0 Å². The second-order valence-corrected chi connectivity index (χ2v) is 12.0. The molecule has 2 amide bonds. The topological polar surface area (TPSA) is 123 Å². The molecule has 0 saturated heterocycles. The zero-order valence-electron chi connectivity index (χ0n) is 26.4. The third-order valence-electron chi connectivity index (χ3n) is 8.81. The second kappa shape index (κ2) is 14.5. The maximum atomic E-state index is 12.7. The summed E-state index contributed by atoms with van der Waals surface area (Å²) >= 11 is 0. The number of phenols is 2. The predicted octanol–water partition coefficient (Wildman–Crippen LogP) is 5.80. The van der Waals surface area contributed by atoms with Gasteiger partial charge in [0, 0.05) is 24.2 Å². The van der Waals surface area contributed by atoms with Crippen molar-refractivity contribution in [2.45, 2.75) is 31.8 Å². The Hall–Kier alpha value is -5.18. The number of aryl methyl sites for hydroxylation is 1. The number of unbranched alkanes of at least 4 members (excludes halogenated alkanes) is 1. The van der Waals surface area contributed by atoms with E-state index in [1.165, 1.54) is 0 Å². The van der Waals surface area contributed by atoms with Crippen LogP contribution in [-0.2, 0) is 0 Å². The molecule has 2 atom stereocenters. The molecule has 0 spiro atoms. The molecule has 0 aromatic heterocycles. The van der Waals surface area contributed by atoms with Crippen LogP contribution in [0.25, 0.3) is 11.1 Å². The molecule has 2 unspecified atom stereocenters. The molecule has 8 nitrogen and oxygen atoms in total. The summed E-state index contributed by atoms with van der Waals surface area (Å²) in [6, 6.07) is 27.3. The third-order valence-corrected chi connectivity index (χ3v) is 8.81. The average Bonchev–Trinajstić information content (AvgIpc) is 3.57. The standard InChI is InChI=1S/C39H40N4O4/c1-25-9-5-6-12-29(25)31(37-35-24-28(45)14-16-33(35)39(47)43-37)18-22-41-20-8-7-19-40-21-17-30(26-10-3-2-4-11-26)36-34-23-27(44)13-15-32(34)38(46)42-36/h2-6,9-18,23-24,36-37,40-41,44-45H,7-8,19-22H2,1H3,(H,42,46)(H,43,47)/b30-17-,31-18-. The van der Waals surface area contributed by atoms with E-state index in [0.29, 0.717) is 24.2 Å². The van der Waals surface area contributed by atoms with Gasteiger partial charge in [-0.05, 0) is 108 Å². The fraction of sp³-hybridized carbons (Fsp3) is 0.231. The van der Waals surface area contributed by atoms with Gasteiger partial charge in [0.25, 0.3) is 11.8 Å². The summed E-state index contributed by atoms with van der Waals surface area (Å²) in [6.07, 6.45) is 6.23. The molecule has 6 N–H and O–H groups in total. The Morgan fingerprint density at radius 3 is 1.77 bits per heavy atom. The molecule has 2 aliphatic heterocycles. The molecule has 0 radical (unpaired) electrons. The molecule has 8 heteroatoms. The van der Waals surface area contributed by atoms with Crippen molar-refractivity contribution < 1.29 is 19.8 Å². The lowest BCUT2D eigenvalue weighted by atomic mass is 9.90. The van der Waals surface area contributed by atoms with E-state index in [0.717, 1.165) is 64.9 Å². The molecule has 240 valence electrons. The van der Waals surface area contributed by atoms with E-state index < -0.39 is 0 Å². The summed E-state index contributed by atoms with van der Waals surface area (Å²) < 4.78 is 0. The largest absolute Gasteiger partial charge is 0.508 e. The summed E-state index contributed by atoms with van der Waals surface area (Å²) in [5.74, 6) is 0.0177. The summed E-state index contributed by atoms with van der Waals surface area (Å²) in [5.41, 5.74) is 7.97. The number of amides is 2. The Bertz CT molecular complexity index is 1830. The second-order valence-electron chi connectivity index (χ2n) is 12.0. The first-order valence-corrected chi connectivity index (χ1v) is 16.1. The van der Waals surface area contributed by atoms with E-state index >= 15 is 0 Å². The summed E-state index contributed by atoms with van der Waals surface area (Å²) in [5, 5.41) is 33.5. The molecule has 0 aliphatic carbocycles. The van der Waals surface area contributed by atoms with Gasteiger partial charge in [0.1, 0.15) is 11.5 Å². The molecule has 4 aromatic carbocycles. The minimum Gasteiger partial charge on any atom is -0.508 e. The molecule has 4 aromatic rings. The Morgan fingerprint density at radius 1 is 0.681 bits per heavy atom. The summed E-state index contributed by atoms with van der Waals surface area (Å²) in [7, 11) is 0. The van der Waals surface area contributed by atoms with Gasteiger partial charge >= 0.3 is 0 Å². The minimum atomic E-state index is -0.331. The van der Waals surface area contributed by atoms with Crippen molar-refractivity contribution in [1.29, 1.82) is 0 Å². The number of hydrogen-bond donors (Lipinski definition) is 6. The maximum absolute atomic E-state index is 12.7. The molecule has 2 aliphatic rings. The monoisotopic (exact) mass is 628 g/mol. The zero-order valence-corrected chi connectivity index (χ0v) is 26.4. The van der Waals surface area contributed by atoms with Crippen LogP contribution in [0.1, 0.15) is 73.5 Å². The fourth-order valence-corrected chi connectivity index (χ4v) is 6.44. The highest BCUT2D eigenvalue weighted by molar-refractivity contribution is 6.03. The fourth-order valence-electron chi connectivity index (χ4n) is 6.44. The Morgan fingerprint density at radius 2 is 1.19 bits per heavy atom. The average molecular weight is 629 g/mol. The van der Waals surface area contributed by atoms with E-state index in [4.69, 9.17) is 0 Å². The highest BCUT2D eigenvalue weighted by Gasteiger charge is 2.33. The number of benzene rings is 4. The minimum absolute atomic E-state index is 0.132. The van der Waals surface area contributed by atoms with Crippen LogP contribution in [0, 0.1) is 6.92 Å². The van der Waals surface area contributed by atoms with Crippen molar-refractivity contribution in [1.82, 2.24) is 21.3 Å². The van der Waals surface area contributed by atoms with E-state index in [1.54, 1.807) is 36.4 Å². The van der Waals surface area contributed by atoms with Gasteiger partial charge in [0.2, 0.25) is 0 Å². The molecular weight excluding hydrogens is 588 g/mol. The molecule has 0 saturated carbocycles. The van der Waals surface area contributed by atoms with Gasteiger partial charge < -0.3 is 31.5 Å². The van der Waals surface area contributed by atoms with Gasteiger partial charge in [0.15, 0.2) is 0 Å². The maximum Gasteiger partial charge on any atom is 0.252 e. The van der Waals surface area contributed by atoms with Gasteiger partial charge in [-0.2, -0.15) is 0 Å². The van der Waals surface area contributed by atoms with Crippen LogP contribution < -0.4 is 21.3 Å². The number of hydrogen-bond acceptors (Lipinski definition) is 6. The number of aromatic hydroxyl groups is 2. The SMILES string of the molecule is Cc1ccccc1/C(=C/CNCCCCNC/C=C(/c1ccccc1)C1NC(=O)c2ccc(O)cc21)C1NC(=O)c2ccc(O)cc21. The summed E-state index contributed by atoms with van der Waals surface area (Å²) in [4.78, 5) is 25.4. The quantitative estimate of drug-likeness (QED) is 0.104. The van der Waals surface area contributed by atoms with Crippen molar-refractivity contribution in [3.63, 3.8) is 0 Å². The smallest absolute Gasteiger partial charge is 0.252 e. The van der Waals surface area contributed by atoms with Gasteiger partial charge in [0.05, 0.1) is 12.1 Å². The Kier molecular flexibility index (Phi) is 9.80. The van der Waals surface area contributed by atoms with Crippen LogP contribution in [0.2, 0.25) is 0 Å². The highest BCUT2D eigenvalue weighted by Crippen LogP contribution is 2.39. The van der Waals surface area contributed by atoms with Gasteiger partial charge in [-0.3, -0.25) is 9.59 Å². The van der Waals surface area contributed by atoms with E-state index in [2.05, 4.69) is 52.5 Å². The molecular formula is C39H40N4O4. The molecule has 47 heavy (non-hydrogen) atoms. The number of rotatable bonds is 13. The molecule has 2 heterocycles. The van der Waals surface area contributed by atoms with Crippen LogP contribution in [0.4, 0.5) is 0 Å². The van der Waals surface area contributed by atoms with Gasteiger partial charge in [-0.15, -0.1) is 0 Å². The lowest BCUT2D eigenvalue weighted by Gasteiger charge is -2.19. The number of nitrogens with one attached hydrogen (secondary N) is 4. The lowest BCUT2D eigenvalue weighted by Crippen LogP contribution is -2.23. The number of fused-ring (bicyclic) bond motifs is 2. The normalized spacial score (nSPS) is 17.3. The first-order chi connectivity index (χ1) is 22.9. The van der Waals surface area contributed by atoms with E-state index in [1.807, 2.05) is 42.5 Å². The van der Waals surface area contributed by atoms with Crippen molar-refractivity contribution in [3.05, 3.63) is 142 Å². The lowest BCUT2D eigenvalue weighted by molar-refractivity contribution is 0.0954. The number of carbonyl (C=O) groups excluding carboxylic acids is 2. The van der Waals surface area contributed by atoms with Crippen molar-refractivity contribution in [3.8, 4) is 11.5 Å².